The standard InChI is InChI=1S/C15H18N2O2S2/c1-4-19-8-14(18)17-13-6-5-12(7-10(13)2)21-15-16-11(3)9-20-15/h5-7,9H,4,8H2,1-3H3,(H,17,18). The van der Waals surface area contributed by atoms with Gasteiger partial charge in [0.25, 0.3) is 0 Å². The van der Waals surface area contributed by atoms with Crippen molar-refractivity contribution in [2.45, 2.75) is 30.0 Å². The highest BCUT2D eigenvalue weighted by molar-refractivity contribution is 8.01. The van der Waals surface area contributed by atoms with E-state index in [2.05, 4.69) is 16.4 Å². The number of benzene rings is 1. The van der Waals surface area contributed by atoms with Crippen LogP contribution in [0.2, 0.25) is 0 Å². The molecule has 0 bridgehead atoms. The smallest absolute Gasteiger partial charge is 0.250 e. The number of rotatable bonds is 6. The number of nitrogens with one attached hydrogen (secondary N) is 1. The first-order chi connectivity index (χ1) is 10.1. The highest BCUT2D eigenvalue weighted by atomic mass is 32.2. The molecule has 1 amide bonds. The normalized spacial score (nSPS) is 10.6. The molecule has 0 saturated carbocycles. The highest BCUT2D eigenvalue weighted by Gasteiger charge is 2.07. The molecular weight excluding hydrogens is 304 g/mol. The Morgan fingerprint density at radius 3 is 2.86 bits per heavy atom. The lowest BCUT2D eigenvalue weighted by Gasteiger charge is -2.09. The zero-order valence-electron chi connectivity index (χ0n) is 12.3. The molecule has 112 valence electrons. The van der Waals surface area contributed by atoms with E-state index in [9.17, 15) is 4.79 Å². The Labute approximate surface area is 132 Å². The summed E-state index contributed by atoms with van der Waals surface area (Å²) in [5, 5.41) is 4.89. The molecule has 1 aromatic heterocycles. The SMILES string of the molecule is CCOCC(=O)Nc1ccc(Sc2nc(C)cs2)cc1C. The molecule has 0 unspecified atom stereocenters. The molecule has 2 aromatic rings. The number of thiazole rings is 1. The van der Waals surface area contributed by atoms with Crippen molar-refractivity contribution >= 4 is 34.7 Å². The molecule has 21 heavy (non-hydrogen) atoms. The van der Waals surface area contributed by atoms with Crippen molar-refractivity contribution in [1.29, 1.82) is 0 Å². The third-order valence-corrected chi connectivity index (χ3v) is 4.76. The number of ether oxygens (including phenoxy) is 1. The number of hydrogen-bond donors (Lipinski definition) is 1. The molecule has 0 fully saturated rings. The molecule has 0 atom stereocenters. The quantitative estimate of drug-likeness (QED) is 0.876. The van der Waals surface area contributed by atoms with Gasteiger partial charge in [0.2, 0.25) is 5.91 Å². The van der Waals surface area contributed by atoms with Crippen LogP contribution < -0.4 is 5.32 Å². The Bertz CT molecular complexity index is 626. The van der Waals surface area contributed by atoms with Crippen LogP contribution in [0.5, 0.6) is 0 Å². The molecule has 0 aliphatic carbocycles. The van der Waals surface area contributed by atoms with Crippen molar-refractivity contribution in [2.75, 3.05) is 18.5 Å². The Morgan fingerprint density at radius 1 is 1.43 bits per heavy atom. The Morgan fingerprint density at radius 2 is 2.24 bits per heavy atom. The fourth-order valence-electron chi connectivity index (χ4n) is 1.70. The summed E-state index contributed by atoms with van der Waals surface area (Å²) in [6.07, 6.45) is 0. The van der Waals surface area contributed by atoms with Crippen molar-refractivity contribution in [3.8, 4) is 0 Å². The number of anilines is 1. The third-order valence-electron chi connectivity index (χ3n) is 2.71. The average Bonchev–Trinajstić information content (AvgIpc) is 2.85. The van der Waals surface area contributed by atoms with Gasteiger partial charge < -0.3 is 10.1 Å². The monoisotopic (exact) mass is 322 g/mol. The van der Waals surface area contributed by atoms with Crippen LogP contribution in [0.1, 0.15) is 18.2 Å². The van der Waals surface area contributed by atoms with E-state index in [1.54, 1.807) is 23.1 Å². The van der Waals surface area contributed by atoms with Crippen LogP contribution in [0, 0.1) is 13.8 Å². The van der Waals surface area contributed by atoms with Crippen LogP contribution in [0.15, 0.2) is 32.8 Å². The van der Waals surface area contributed by atoms with Crippen molar-refractivity contribution in [3.05, 3.63) is 34.8 Å². The minimum absolute atomic E-state index is 0.0881. The van der Waals surface area contributed by atoms with Crippen LogP contribution >= 0.6 is 23.1 Å². The maximum absolute atomic E-state index is 11.7. The lowest BCUT2D eigenvalue weighted by Crippen LogP contribution is -2.18. The van der Waals surface area contributed by atoms with Gasteiger partial charge >= 0.3 is 0 Å². The number of carbonyl (C=O) groups is 1. The average molecular weight is 322 g/mol. The van der Waals surface area contributed by atoms with Gasteiger partial charge in [0.15, 0.2) is 4.34 Å². The van der Waals surface area contributed by atoms with Crippen LogP contribution in [-0.4, -0.2) is 24.1 Å². The van der Waals surface area contributed by atoms with Crippen LogP contribution in [0.25, 0.3) is 0 Å². The predicted octanol–water partition coefficient (Wildman–Crippen LogP) is 3.89. The summed E-state index contributed by atoms with van der Waals surface area (Å²) in [5.74, 6) is -0.129. The molecule has 4 nitrogen and oxygen atoms in total. The van der Waals surface area contributed by atoms with Crippen LogP contribution in [-0.2, 0) is 9.53 Å². The number of aryl methyl sites for hydroxylation is 2. The van der Waals surface area contributed by atoms with Gasteiger partial charge in [-0.25, -0.2) is 4.98 Å². The summed E-state index contributed by atoms with van der Waals surface area (Å²) in [4.78, 5) is 17.2. The number of nitrogens with zero attached hydrogens (tertiary/aromatic N) is 1. The molecule has 1 N–H and O–H groups in total. The molecule has 0 aliphatic rings. The summed E-state index contributed by atoms with van der Waals surface area (Å²) < 4.78 is 6.12. The fourth-order valence-corrected chi connectivity index (χ4v) is 3.61. The van der Waals surface area contributed by atoms with Crippen molar-refractivity contribution < 1.29 is 9.53 Å². The molecular formula is C15H18N2O2S2. The van der Waals surface area contributed by atoms with Crippen molar-refractivity contribution in [3.63, 3.8) is 0 Å². The predicted molar refractivity (Wildman–Crippen MR) is 87.3 cm³/mol. The Balaban J connectivity index is 2.01. The largest absolute Gasteiger partial charge is 0.372 e. The second-order valence-corrected chi connectivity index (χ2v) is 6.70. The van der Waals surface area contributed by atoms with Crippen molar-refractivity contribution in [2.24, 2.45) is 0 Å². The molecule has 0 aliphatic heterocycles. The first-order valence-corrected chi connectivity index (χ1v) is 8.36. The number of hydrogen-bond acceptors (Lipinski definition) is 5. The lowest BCUT2D eigenvalue weighted by molar-refractivity contribution is -0.120. The van der Waals surface area contributed by atoms with E-state index < -0.39 is 0 Å². The molecule has 2 rings (SSSR count). The van der Waals surface area contributed by atoms with E-state index in [0.717, 1.165) is 26.2 Å². The summed E-state index contributed by atoms with van der Waals surface area (Å²) in [7, 11) is 0. The number of aromatic nitrogens is 1. The lowest BCUT2D eigenvalue weighted by atomic mass is 10.2. The van der Waals surface area contributed by atoms with Gasteiger partial charge in [0.05, 0.1) is 0 Å². The number of carbonyl (C=O) groups excluding carboxylic acids is 1. The second kappa shape index (κ2) is 7.59. The van der Waals surface area contributed by atoms with E-state index in [4.69, 9.17) is 4.74 Å². The van der Waals surface area contributed by atoms with E-state index in [-0.39, 0.29) is 12.5 Å². The maximum Gasteiger partial charge on any atom is 0.250 e. The Hall–Kier alpha value is -1.37. The zero-order valence-corrected chi connectivity index (χ0v) is 13.9. The first-order valence-electron chi connectivity index (χ1n) is 6.66. The third kappa shape index (κ3) is 4.84. The summed E-state index contributed by atoms with van der Waals surface area (Å²) in [6.45, 7) is 6.46. The minimum atomic E-state index is -0.129. The molecule has 1 aromatic carbocycles. The first kappa shape index (κ1) is 16.0. The van der Waals surface area contributed by atoms with Gasteiger partial charge in [-0.15, -0.1) is 11.3 Å². The van der Waals surface area contributed by atoms with E-state index >= 15 is 0 Å². The van der Waals surface area contributed by atoms with Gasteiger partial charge in [-0.2, -0.15) is 0 Å². The molecule has 1 heterocycles. The van der Waals surface area contributed by atoms with Crippen LogP contribution in [0.4, 0.5) is 5.69 Å². The Kier molecular flexibility index (Phi) is 5.78. The maximum atomic E-state index is 11.7. The van der Waals surface area contributed by atoms with Gasteiger partial charge in [-0.1, -0.05) is 11.8 Å². The summed E-state index contributed by atoms with van der Waals surface area (Å²) in [6, 6.07) is 5.96. The zero-order chi connectivity index (χ0) is 15.2. The minimum Gasteiger partial charge on any atom is -0.372 e. The molecule has 0 spiro atoms. The summed E-state index contributed by atoms with van der Waals surface area (Å²) >= 11 is 3.27. The van der Waals surface area contributed by atoms with E-state index in [1.165, 1.54) is 0 Å². The van der Waals surface area contributed by atoms with Crippen LogP contribution in [0.3, 0.4) is 0 Å². The number of amides is 1. The van der Waals surface area contributed by atoms with Crippen molar-refractivity contribution in [1.82, 2.24) is 4.98 Å². The fraction of sp³-hybridized carbons (Fsp3) is 0.333. The topological polar surface area (TPSA) is 51.2 Å². The van der Waals surface area contributed by atoms with E-state index in [0.29, 0.717) is 6.61 Å². The van der Waals surface area contributed by atoms with Gasteiger partial charge in [-0.3, -0.25) is 4.79 Å². The highest BCUT2D eigenvalue weighted by Crippen LogP contribution is 2.32. The van der Waals surface area contributed by atoms with Gasteiger partial charge in [0, 0.05) is 28.3 Å². The second-order valence-electron chi connectivity index (χ2n) is 4.52. The molecule has 6 heteroatoms. The molecule has 0 saturated heterocycles. The summed E-state index contributed by atoms with van der Waals surface area (Å²) in [5.41, 5.74) is 2.89. The van der Waals surface area contributed by atoms with Gasteiger partial charge in [-0.05, 0) is 44.5 Å². The van der Waals surface area contributed by atoms with Gasteiger partial charge in [0.1, 0.15) is 6.61 Å². The molecule has 0 radical (unpaired) electrons. The van der Waals surface area contributed by atoms with E-state index in [1.807, 2.05) is 38.3 Å².